The highest BCUT2D eigenvalue weighted by atomic mass is 32.1. The molecule has 2 aromatic rings. The number of rotatable bonds is 5. The summed E-state index contributed by atoms with van der Waals surface area (Å²) in [4.78, 5) is 4.18. The number of hydrogen-bond donors (Lipinski definition) is 2. The molecule has 6 nitrogen and oxygen atoms in total. The van der Waals surface area contributed by atoms with Crippen LogP contribution in [0.3, 0.4) is 0 Å². The Hall–Kier alpha value is -1.89. The molecule has 0 aliphatic rings. The first-order valence-corrected chi connectivity index (χ1v) is 7.10. The first kappa shape index (κ1) is 13.5. The third-order valence-corrected chi connectivity index (χ3v) is 3.45. The van der Waals surface area contributed by atoms with E-state index in [-0.39, 0.29) is 0 Å². The Labute approximate surface area is 116 Å². The van der Waals surface area contributed by atoms with E-state index in [4.69, 9.17) is 0 Å². The van der Waals surface area contributed by atoms with Crippen LogP contribution in [0, 0.1) is 0 Å². The van der Waals surface area contributed by atoms with E-state index < -0.39 is 0 Å². The van der Waals surface area contributed by atoms with Crippen molar-refractivity contribution in [3.63, 3.8) is 0 Å². The zero-order valence-corrected chi connectivity index (χ0v) is 11.9. The Morgan fingerprint density at radius 2 is 2.26 bits per heavy atom. The molecular formula is C12H18N6S. The minimum absolute atomic E-state index is 0.608. The molecule has 0 aliphatic carbocycles. The molecule has 0 aromatic carbocycles. The summed E-state index contributed by atoms with van der Waals surface area (Å²) in [7, 11) is 1.76. The van der Waals surface area contributed by atoms with E-state index in [0.717, 1.165) is 24.9 Å². The highest BCUT2D eigenvalue weighted by Crippen LogP contribution is 2.04. The van der Waals surface area contributed by atoms with Crippen molar-refractivity contribution in [3.05, 3.63) is 34.5 Å². The number of hydrogen-bond acceptors (Lipinski definition) is 4. The molecule has 2 heterocycles. The quantitative estimate of drug-likeness (QED) is 0.637. The van der Waals surface area contributed by atoms with Gasteiger partial charge in [0.2, 0.25) is 0 Å². The molecule has 0 aliphatic heterocycles. The molecule has 0 amide bonds. The zero-order chi connectivity index (χ0) is 13.5. The fraction of sp³-hybridized carbons (Fsp3) is 0.417. The molecule has 0 saturated heterocycles. The third-order valence-electron chi connectivity index (χ3n) is 2.71. The van der Waals surface area contributed by atoms with E-state index in [2.05, 4.69) is 49.6 Å². The Morgan fingerprint density at radius 1 is 1.42 bits per heavy atom. The van der Waals surface area contributed by atoms with Crippen LogP contribution in [-0.4, -0.2) is 27.8 Å². The van der Waals surface area contributed by atoms with Gasteiger partial charge in [-0.3, -0.25) is 4.99 Å². The molecule has 102 valence electrons. The van der Waals surface area contributed by atoms with E-state index in [1.54, 1.807) is 24.7 Å². The normalized spacial score (nSPS) is 11.6. The van der Waals surface area contributed by atoms with Gasteiger partial charge in [-0.25, -0.2) is 0 Å². The topological polar surface area (TPSA) is 67.1 Å². The van der Waals surface area contributed by atoms with Crippen LogP contribution in [0.1, 0.15) is 18.3 Å². The Kier molecular flexibility index (Phi) is 4.91. The average Bonchev–Trinajstić information content (AvgIpc) is 3.09. The van der Waals surface area contributed by atoms with Gasteiger partial charge in [0.15, 0.2) is 11.8 Å². The minimum Gasteiger partial charge on any atom is -0.352 e. The minimum atomic E-state index is 0.608. The van der Waals surface area contributed by atoms with E-state index in [1.807, 2.05) is 4.57 Å². The summed E-state index contributed by atoms with van der Waals surface area (Å²) in [6, 6.07) is 2.10. The van der Waals surface area contributed by atoms with Crippen molar-refractivity contribution < 1.29 is 0 Å². The highest BCUT2D eigenvalue weighted by Gasteiger charge is 2.04. The van der Waals surface area contributed by atoms with Crippen molar-refractivity contribution in [3.8, 4) is 0 Å². The molecule has 0 saturated carbocycles. The van der Waals surface area contributed by atoms with Gasteiger partial charge in [-0.2, -0.15) is 11.3 Å². The summed E-state index contributed by atoms with van der Waals surface area (Å²) in [6.07, 6.45) is 1.73. The van der Waals surface area contributed by atoms with Crippen LogP contribution in [0.15, 0.2) is 28.1 Å². The number of guanidine groups is 1. The summed E-state index contributed by atoms with van der Waals surface area (Å²) >= 11 is 1.69. The lowest BCUT2D eigenvalue weighted by Crippen LogP contribution is -2.36. The Bertz CT molecular complexity index is 516. The summed E-state index contributed by atoms with van der Waals surface area (Å²) < 4.78 is 2.00. The molecule has 0 atom stereocenters. The smallest absolute Gasteiger partial charge is 0.191 e. The molecule has 0 fully saturated rings. The van der Waals surface area contributed by atoms with Crippen molar-refractivity contribution in [1.82, 2.24) is 25.4 Å². The summed E-state index contributed by atoms with van der Waals surface area (Å²) in [6.45, 7) is 4.31. The second-order valence-electron chi connectivity index (χ2n) is 3.94. The van der Waals surface area contributed by atoms with Crippen LogP contribution in [0.4, 0.5) is 0 Å². The zero-order valence-electron chi connectivity index (χ0n) is 11.1. The monoisotopic (exact) mass is 278 g/mol. The fourth-order valence-electron chi connectivity index (χ4n) is 1.64. The van der Waals surface area contributed by atoms with Crippen molar-refractivity contribution >= 4 is 17.3 Å². The second-order valence-corrected chi connectivity index (χ2v) is 4.72. The van der Waals surface area contributed by atoms with Crippen LogP contribution < -0.4 is 10.6 Å². The number of aliphatic imine (C=N–C) groups is 1. The molecular weight excluding hydrogens is 260 g/mol. The molecule has 2 N–H and O–H groups in total. The van der Waals surface area contributed by atoms with Crippen molar-refractivity contribution in [1.29, 1.82) is 0 Å². The van der Waals surface area contributed by atoms with Crippen molar-refractivity contribution in [2.75, 3.05) is 7.05 Å². The van der Waals surface area contributed by atoms with Crippen molar-refractivity contribution in [2.24, 2.45) is 4.99 Å². The molecule has 7 heteroatoms. The van der Waals surface area contributed by atoms with Crippen LogP contribution in [0.25, 0.3) is 0 Å². The fourth-order valence-corrected chi connectivity index (χ4v) is 2.31. The molecule has 0 unspecified atom stereocenters. The predicted molar refractivity (Wildman–Crippen MR) is 77.1 cm³/mol. The van der Waals surface area contributed by atoms with Gasteiger partial charge in [0, 0.05) is 20.1 Å². The number of thiophene rings is 1. The second kappa shape index (κ2) is 6.89. The summed E-state index contributed by atoms with van der Waals surface area (Å²) in [5, 5.41) is 18.6. The number of aromatic nitrogens is 3. The molecule has 2 aromatic heterocycles. The van der Waals surface area contributed by atoms with Crippen LogP contribution in [0.2, 0.25) is 0 Å². The number of nitrogens with zero attached hydrogens (tertiary/aromatic N) is 4. The standard InChI is InChI=1S/C12H18N6S/c1-3-18-9-16-17-11(18)7-15-12(13-2)14-6-10-4-5-19-8-10/h4-5,8-9H,3,6-7H2,1-2H3,(H2,13,14,15). The molecule has 19 heavy (non-hydrogen) atoms. The van der Waals surface area contributed by atoms with Crippen LogP contribution >= 0.6 is 11.3 Å². The van der Waals surface area contributed by atoms with Gasteiger partial charge >= 0.3 is 0 Å². The molecule has 0 radical (unpaired) electrons. The van der Waals surface area contributed by atoms with E-state index in [9.17, 15) is 0 Å². The van der Waals surface area contributed by atoms with Gasteiger partial charge in [-0.1, -0.05) is 0 Å². The lowest BCUT2D eigenvalue weighted by molar-refractivity contribution is 0.670. The lowest BCUT2D eigenvalue weighted by Gasteiger charge is -2.11. The maximum absolute atomic E-state index is 4.18. The summed E-state index contributed by atoms with van der Waals surface area (Å²) in [5.41, 5.74) is 1.25. The Morgan fingerprint density at radius 3 is 2.95 bits per heavy atom. The van der Waals surface area contributed by atoms with Gasteiger partial charge in [-0.15, -0.1) is 10.2 Å². The lowest BCUT2D eigenvalue weighted by atomic mass is 10.3. The largest absolute Gasteiger partial charge is 0.352 e. The maximum Gasteiger partial charge on any atom is 0.191 e. The first-order chi connectivity index (χ1) is 9.33. The van der Waals surface area contributed by atoms with E-state index in [0.29, 0.717) is 6.54 Å². The molecule has 0 spiro atoms. The van der Waals surface area contributed by atoms with Gasteiger partial charge in [0.05, 0.1) is 6.54 Å². The third kappa shape index (κ3) is 3.78. The van der Waals surface area contributed by atoms with Crippen molar-refractivity contribution in [2.45, 2.75) is 26.6 Å². The van der Waals surface area contributed by atoms with Gasteiger partial charge in [0.1, 0.15) is 6.33 Å². The van der Waals surface area contributed by atoms with E-state index >= 15 is 0 Å². The van der Waals surface area contributed by atoms with Crippen LogP contribution in [-0.2, 0) is 19.6 Å². The Balaban J connectivity index is 1.83. The average molecular weight is 278 g/mol. The maximum atomic E-state index is 4.18. The molecule has 2 rings (SSSR count). The van der Waals surface area contributed by atoms with Gasteiger partial charge < -0.3 is 15.2 Å². The SMILES string of the molecule is CCn1cnnc1CNC(=NC)NCc1ccsc1. The van der Waals surface area contributed by atoms with E-state index in [1.165, 1.54) is 5.56 Å². The predicted octanol–water partition coefficient (Wildman–Crippen LogP) is 1.22. The summed E-state index contributed by atoms with van der Waals surface area (Å²) in [5.74, 6) is 1.66. The highest BCUT2D eigenvalue weighted by molar-refractivity contribution is 7.07. The molecule has 0 bridgehead atoms. The number of nitrogens with one attached hydrogen (secondary N) is 2. The first-order valence-electron chi connectivity index (χ1n) is 6.15. The number of aryl methyl sites for hydroxylation is 1. The van der Waals surface area contributed by atoms with Gasteiger partial charge in [-0.05, 0) is 29.3 Å². The van der Waals surface area contributed by atoms with Crippen LogP contribution in [0.5, 0.6) is 0 Å². The van der Waals surface area contributed by atoms with Gasteiger partial charge in [0.25, 0.3) is 0 Å².